The van der Waals surface area contributed by atoms with Crippen LogP contribution in [0.4, 0.5) is 0 Å². The Morgan fingerprint density at radius 2 is 1.65 bits per heavy atom. The predicted molar refractivity (Wildman–Crippen MR) is 71.9 cm³/mol. The van der Waals surface area contributed by atoms with Crippen molar-refractivity contribution in [3.05, 3.63) is 46.8 Å². The summed E-state index contributed by atoms with van der Waals surface area (Å²) < 4.78 is 0. The lowest BCUT2D eigenvalue weighted by Gasteiger charge is -2.20. The van der Waals surface area contributed by atoms with Gasteiger partial charge in [0.25, 0.3) is 0 Å². The van der Waals surface area contributed by atoms with Crippen molar-refractivity contribution in [3.8, 4) is 0 Å². The Balaban J connectivity index is 2.13. The Morgan fingerprint density at radius 3 is 2.18 bits per heavy atom. The van der Waals surface area contributed by atoms with E-state index in [0.717, 1.165) is 19.3 Å². The SMILES string of the molecule is [C-]#[N+]C1(Cc2ccc(C)cc2)CCCCCC1. The van der Waals surface area contributed by atoms with Gasteiger partial charge in [-0.15, -0.1) is 0 Å². The van der Waals surface area contributed by atoms with Gasteiger partial charge in [0.1, 0.15) is 0 Å². The fourth-order valence-corrected chi connectivity index (χ4v) is 2.80. The van der Waals surface area contributed by atoms with E-state index >= 15 is 0 Å². The highest BCUT2D eigenvalue weighted by Crippen LogP contribution is 2.33. The summed E-state index contributed by atoms with van der Waals surface area (Å²) in [6, 6.07) is 8.69. The number of nitrogens with zero attached hydrogens (tertiary/aromatic N) is 1. The molecule has 1 aromatic rings. The maximum absolute atomic E-state index is 7.56. The quantitative estimate of drug-likeness (QED) is 0.515. The second-order valence-electron chi connectivity index (χ2n) is 5.41. The minimum Gasteiger partial charge on any atom is -0.310 e. The Kier molecular flexibility index (Phi) is 3.84. The van der Waals surface area contributed by atoms with Crippen molar-refractivity contribution < 1.29 is 0 Å². The molecule has 0 aliphatic heterocycles. The third-order valence-electron chi connectivity index (χ3n) is 3.93. The summed E-state index contributed by atoms with van der Waals surface area (Å²) in [5, 5.41) is 0. The van der Waals surface area contributed by atoms with Gasteiger partial charge in [0.05, 0.1) is 6.42 Å². The normalized spacial score (nSPS) is 19.3. The van der Waals surface area contributed by atoms with Crippen LogP contribution in [-0.4, -0.2) is 5.54 Å². The van der Waals surface area contributed by atoms with Crippen LogP contribution in [0.5, 0.6) is 0 Å². The average molecular weight is 227 g/mol. The fraction of sp³-hybridized carbons (Fsp3) is 0.562. The maximum Gasteiger partial charge on any atom is 0.236 e. The molecule has 0 aromatic heterocycles. The molecule has 1 heteroatoms. The molecule has 90 valence electrons. The highest BCUT2D eigenvalue weighted by atomic mass is 14.8. The number of hydrogen-bond acceptors (Lipinski definition) is 0. The van der Waals surface area contributed by atoms with E-state index in [-0.39, 0.29) is 5.54 Å². The predicted octanol–water partition coefficient (Wildman–Crippen LogP) is 4.55. The van der Waals surface area contributed by atoms with Gasteiger partial charge in [-0.25, -0.2) is 6.57 Å². The van der Waals surface area contributed by atoms with Crippen molar-refractivity contribution in [2.24, 2.45) is 0 Å². The van der Waals surface area contributed by atoms with Crippen LogP contribution in [0.3, 0.4) is 0 Å². The van der Waals surface area contributed by atoms with Gasteiger partial charge in [-0.3, -0.25) is 0 Å². The van der Waals surface area contributed by atoms with Crippen LogP contribution >= 0.6 is 0 Å². The molecule has 1 aliphatic rings. The van der Waals surface area contributed by atoms with E-state index in [9.17, 15) is 0 Å². The second kappa shape index (κ2) is 5.36. The minimum absolute atomic E-state index is 0.105. The Labute approximate surface area is 105 Å². The van der Waals surface area contributed by atoms with E-state index in [4.69, 9.17) is 6.57 Å². The summed E-state index contributed by atoms with van der Waals surface area (Å²) >= 11 is 0. The molecule has 1 saturated carbocycles. The lowest BCUT2D eigenvalue weighted by Crippen LogP contribution is -2.26. The molecule has 1 nitrogen and oxygen atoms in total. The molecule has 1 fully saturated rings. The maximum atomic E-state index is 7.56. The zero-order valence-electron chi connectivity index (χ0n) is 10.7. The van der Waals surface area contributed by atoms with E-state index in [0.29, 0.717) is 0 Å². The third kappa shape index (κ3) is 3.09. The van der Waals surface area contributed by atoms with Gasteiger partial charge in [0, 0.05) is 12.8 Å². The lowest BCUT2D eigenvalue weighted by molar-refractivity contribution is 0.436. The lowest BCUT2D eigenvalue weighted by atomic mass is 9.84. The van der Waals surface area contributed by atoms with Gasteiger partial charge in [-0.2, -0.15) is 0 Å². The standard InChI is InChI=1S/C16H21N/c1-14-7-9-15(10-8-14)13-16(17-2)11-5-3-4-6-12-16/h7-10H,3-6,11-13H2,1H3. The average Bonchev–Trinajstić information content (AvgIpc) is 2.58. The highest BCUT2D eigenvalue weighted by molar-refractivity contribution is 5.24. The van der Waals surface area contributed by atoms with E-state index in [2.05, 4.69) is 36.0 Å². The van der Waals surface area contributed by atoms with Crippen molar-refractivity contribution in [2.45, 2.75) is 57.4 Å². The zero-order valence-corrected chi connectivity index (χ0v) is 10.7. The molecule has 2 rings (SSSR count). The van der Waals surface area contributed by atoms with Crippen LogP contribution in [0.2, 0.25) is 0 Å². The number of rotatable bonds is 2. The third-order valence-corrected chi connectivity index (χ3v) is 3.93. The van der Waals surface area contributed by atoms with Crippen LogP contribution in [0.25, 0.3) is 4.85 Å². The van der Waals surface area contributed by atoms with Gasteiger partial charge < -0.3 is 4.85 Å². The van der Waals surface area contributed by atoms with Gasteiger partial charge in [-0.05, 0) is 25.3 Å². The van der Waals surface area contributed by atoms with Crippen LogP contribution in [0.15, 0.2) is 24.3 Å². The summed E-state index contributed by atoms with van der Waals surface area (Å²) in [7, 11) is 0. The van der Waals surface area contributed by atoms with E-state index in [1.807, 2.05) is 0 Å². The van der Waals surface area contributed by atoms with Crippen LogP contribution < -0.4 is 0 Å². The van der Waals surface area contributed by atoms with Crippen LogP contribution in [0.1, 0.15) is 49.7 Å². The van der Waals surface area contributed by atoms with Gasteiger partial charge in [-0.1, -0.05) is 42.7 Å². The number of hydrogen-bond donors (Lipinski definition) is 0. The summed E-state index contributed by atoms with van der Waals surface area (Å²) in [5.41, 5.74) is 2.52. The molecule has 0 radical (unpaired) electrons. The number of aryl methyl sites for hydroxylation is 1. The van der Waals surface area contributed by atoms with E-state index < -0.39 is 0 Å². The number of benzene rings is 1. The second-order valence-corrected chi connectivity index (χ2v) is 5.41. The van der Waals surface area contributed by atoms with Crippen LogP contribution in [0, 0.1) is 13.5 Å². The summed E-state index contributed by atoms with van der Waals surface area (Å²) in [4.78, 5) is 4.01. The van der Waals surface area contributed by atoms with Crippen molar-refractivity contribution in [3.63, 3.8) is 0 Å². The molecule has 0 unspecified atom stereocenters. The Bertz CT molecular complexity index is 389. The first-order chi connectivity index (χ1) is 8.24. The topological polar surface area (TPSA) is 4.36 Å². The molecule has 17 heavy (non-hydrogen) atoms. The van der Waals surface area contributed by atoms with Gasteiger partial charge in [0.2, 0.25) is 5.54 Å². The summed E-state index contributed by atoms with van der Waals surface area (Å²) in [6.45, 7) is 9.67. The molecular weight excluding hydrogens is 206 g/mol. The van der Waals surface area contributed by atoms with Crippen molar-refractivity contribution in [1.29, 1.82) is 0 Å². The monoisotopic (exact) mass is 227 g/mol. The molecule has 1 aromatic carbocycles. The summed E-state index contributed by atoms with van der Waals surface area (Å²) in [6.07, 6.45) is 8.20. The van der Waals surface area contributed by atoms with Crippen molar-refractivity contribution in [2.75, 3.05) is 0 Å². The molecule has 0 spiro atoms. The highest BCUT2D eigenvalue weighted by Gasteiger charge is 2.36. The van der Waals surface area contributed by atoms with E-state index in [1.54, 1.807) is 0 Å². The van der Waals surface area contributed by atoms with Crippen molar-refractivity contribution in [1.82, 2.24) is 0 Å². The molecule has 0 N–H and O–H groups in total. The van der Waals surface area contributed by atoms with E-state index in [1.165, 1.54) is 36.8 Å². The molecule has 0 saturated heterocycles. The largest absolute Gasteiger partial charge is 0.310 e. The molecule has 0 bridgehead atoms. The molecule has 0 amide bonds. The first kappa shape index (κ1) is 12.2. The Hall–Kier alpha value is -1.29. The van der Waals surface area contributed by atoms with Gasteiger partial charge in [0.15, 0.2) is 0 Å². The Morgan fingerprint density at radius 1 is 1.06 bits per heavy atom. The van der Waals surface area contributed by atoms with Crippen molar-refractivity contribution >= 4 is 0 Å². The zero-order chi connectivity index (χ0) is 12.1. The van der Waals surface area contributed by atoms with Crippen LogP contribution in [-0.2, 0) is 6.42 Å². The first-order valence-electron chi connectivity index (χ1n) is 6.68. The van der Waals surface area contributed by atoms with Gasteiger partial charge >= 0.3 is 0 Å². The summed E-state index contributed by atoms with van der Waals surface area (Å²) in [5.74, 6) is 0. The smallest absolute Gasteiger partial charge is 0.236 e. The first-order valence-corrected chi connectivity index (χ1v) is 6.68. The molecule has 0 atom stereocenters. The fourth-order valence-electron chi connectivity index (χ4n) is 2.80. The minimum atomic E-state index is -0.105. The molecule has 1 aliphatic carbocycles. The molecular formula is C16H21N. The molecule has 0 heterocycles.